The Balaban J connectivity index is 2.37. The van der Waals surface area contributed by atoms with Gasteiger partial charge in [-0.25, -0.2) is 8.42 Å². The van der Waals surface area contributed by atoms with E-state index in [9.17, 15) is 21.6 Å². The van der Waals surface area contributed by atoms with Crippen LogP contribution in [0, 0.1) is 0 Å². The molecular weight excluding hydrogens is 444 g/mol. The van der Waals surface area contributed by atoms with E-state index < -0.39 is 20.2 Å². The van der Waals surface area contributed by atoms with Gasteiger partial charge in [0, 0.05) is 10.0 Å². The van der Waals surface area contributed by atoms with Crippen LogP contribution in [0.15, 0.2) is 45.8 Å². The third-order valence-corrected chi connectivity index (χ3v) is 5.12. The molecule has 3 nitrogen and oxygen atoms in total. The van der Waals surface area contributed by atoms with E-state index in [0.29, 0.717) is 10.0 Å². The van der Waals surface area contributed by atoms with Crippen LogP contribution in [0.3, 0.4) is 0 Å². The maximum absolute atomic E-state index is 12.5. The molecule has 2 rings (SSSR count). The molecule has 0 aliphatic carbocycles. The molecule has 0 amide bonds. The van der Waals surface area contributed by atoms with Crippen LogP contribution in [0.4, 0.5) is 13.2 Å². The zero-order valence-electron chi connectivity index (χ0n) is 10.9. The van der Waals surface area contributed by atoms with Gasteiger partial charge in [0.15, 0.2) is 0 Å². The van der Waals surface area contributed by atoms with Crippen molar-refractivity contribution in [2.24, 2.45) is 0 Å². The van der Waals surface area contributed by atoms with E-state index in [0.717, 1.165) is 18.2 Å². The van der Waals surface area contributed by atoms with Crippen LogP contribution in [-0.2, 0) is 9.84 Å². The van der Waals surface area contributed by atoms with Crippen molar-refractivity contribution in [2.75, 3.05) is 0 Å². The van der Waals surface area contributed by atoms with Crippen LogP contribution in [0.2, 0.25) is 10.0 Å². The molecule has 0 aliphatic rings. The van der Waals surface area contributed by atoms with Gasteiger partial charge in [-0.2, -0.15) is 13.2 Å². The third kappa shape index (κ3) is 4.12. The summed E-state index contributed by atoms with van der Waals surface area (Å²) in [7, 11) is -5.43. The smallest absolute Gasteiger partial charge is 0.456 e. The molecule has 2 aromatic rings. The topological polar surface area (TPSA) is 43.4 Å². The molecule has 0 unspecified atom stereocenters. The van der Waals surface area contributed by atoms with Gasteiger partial charge >= 0.3 is 5.51 Å². The van der Waals surface area contributed by atoms with Crippen molar-refractivity contribution in [1.82, 2.24) is 0 Å². The maximum atomic E-state index is 12.5. The van der Waals surface area contributed by atoms with Gasteiger partial charge in [-0.1, -0.05) is 23.2 Å². The monoisotopic (exact) mass is 448 g/mol. The van der Waals surface area contributed by atoms with Crippen molar-refractivity contribution in [3.05, 3.63) is 50.9 Å². The molecule has 0 aliphatic heterocycles. The number of hydrogen-bond donors (Lipinski definition) is 0. The Bertz CT molecular complexity index is 834. The van der Waals surface area contributed by atoms with E-state index in [-0.39, 0.29) is 16.0 Å². The Hall–Kier alpha value is -0.960. The third-order valence-electron chi connectivity index (χ3n) is 2.58. The van der Waals surface area contributed by atoms with E-state index in [4.69, 9.17) is 27.9 Å². The fourth-order valence-corrected chi connectivity index (χ4v) is 3.48. The number of ether oxygens (including phenoxy) is 1. The van der Waals surface area contributed by atoms with Gasteiger partial charge in [0.25, 0.3) is 9.84 Å². The Morgan fingerprint density at radius 1 is 1.00 bits per heavy atom. The Morgan fingerprint density at radius 3 is 2.04 bits per heavy atom. The summed E-state index contributed by atoms with van der Waals surface area (Å²) in [6, 6.07) is 7.07. The number of hydrogen-bond acceptors (Lipinski definition) is 3. The van der Waals surface area contributed by atoms with Gasteiger partial charge in [-0.05, 0) is 52.3 Å². The average molecular weight is 450 g/mol. The standard InChI is InChI=1S/C13H6BrCl2F3O3S/c14-11-6-10(23(20,21)13(17,18)19)1-2-12(11)22-9-4-7(15)3-8(16)5-9/h1-6H. The summed E-state index contributed by atoms with van der Waals surface area (Å²) >= 11 is 14.6. The second-order valence-corrected chi connectivity index (χ2v) is 7.92. The molecule has 0 saturated carbocycles. The quantitative estimate of drug-likeness (QED) is 0.591. The first-order valence-corrected chi connectivity index (χ1v) is 8.79. The van der Waals surface area contributed by atoms with E-state index in [1.54, 1.807) is 0 Å². The average Bonchev–Trinajstić information content (AvgIpc) is 2.38. The minimum absolute atomic E-state index is 0.0268. The van der Waals surface area contributed by atoms with Gasteiger partial charge in [0.2, 0.25) is 0 Å². The lowest BCUT2D eigenvalue weighted by molar-refractivity contribution is -0.0436. The molecule has 0 saturated heterocycles. The number of halogens is 6. The maximum Gasteiger partial charge on any atom is 0.501 e. The Morgan fingerprint density at radius 2 is 1.57 bits per heavy atom. The predicted molar refractivity (Wildman–Crippen MR) is 83.9 cm³/mol. The van der Waals surface area contributed by atoms with E-state index in [1.807, 2.05) is 0 Å². The molecule has 10 heteroatoms. The van der Waals surface area contributed by atoms with Crippen LogP contribution in [0.1, 0.15) is 0 Å². The lowest BCUT2D eigenvalue weighted by Crippen LogP contribution is -2.23. The number of sulfone groups is 1. The molecule has 0 aromatic heterocycles. The number of rotatable bonds is 3. The summed E-state index contributed by atoms with van der Waals surface area (Å²) in [6.45, 7) is 0. The molecule has 23 heavy (non-hydrogen) atoms. The van der Waals surface area contributed by atoms with Crippen molar-refractivity contribution in [3.63, 3.8) is 0 Å². The summed E-state index contributed by atoms with van der Waals surface area (Å²) in [4.78, 5) is -0.895. The molecule has 124 valence electrons. The lowest BCUT2D eigenvalue weighted by atomic mass is 10.3. The minimum Gasteiger partial charge on any atom is -0.456 e. The Labute approximate surface area is 148 Å². The Kier molecular flexibility index (Phi) is 5.20. The summed E-state index contributed by atoms with van der Waals surface area (Å²) in [5, 5.41) is 0.611. The molecule has 0 fully saturated rings. The zero-order valence-corrected chi connectivity index (χ0v) is 14.8. The second-order valence-electron chi connectivity index (χ2n) is 4.25. The fourth-order valence-electron chi connectivity index (χ4n) is 1.58. The molecule has 2 aromatic carbocycles. The molecular formula is C13H6BrCl2F3O3S. The van der Waals surface area contributed by atoms with Crippen molar-refractivity contribution in [2.45, 2.75) is 10.4 Å². The van der Waals surface area contributed by atoms with E-state index in [1.165, 1.54) is 18.2 Å². The van der Waals surface area contributed by atoms with Crippen LogP contribution >= 0.6 is 39.1 Å². The summed E-state index contributed by atoms with van der Waals surface area (Å²) < 4.78 is 65.7. The number of benzene rings is 2. The summed E-state index contributed by atoms with van der Waals surface area (Å²) in [5.74, 6) is 0.346. The SMILES string of the molecule is O=S(=O)(c1ccc(Oc2cc(Cl)cc(Cl)c2)c(Br)c1)C(F)(F)F. The fraction of sp³-hybridized carbons (Fsp3) is 0.0769. The van der Waals surface area contributed by atoms with Crippen LogP contribution in [-0.4, -0.2) is 13.9 Å². The predicted octanol–water partition coefficient (Wildman–Crippen LogP) is 5.84. The first kappa shape index (κ1) is 18.4. The summed E-state index contributed by atoms with van der Waals surface area (Å²) in [5.41, 5.74) is -5.38. The highest BCUT2D eigenvalue weighted by Crippen LogP contribution is 2.37. The van der Waals surface area contributed by atoms with Gasteiger partial charge < -0.3 is 4.74 Å². The lowest BCUT2D eigenvalue weighted by Gasteiger charge is -2.12. The van der Waals surface area contributed by atoms with Crippen LogP contribution < -0.4 is 4.74 Å². The van der Waals surface area contributed by atoms with Crippen molar-refractivity contribution < 1.29 is 26.3 Å². The molecule has 0 heterocycles. The molecule has 0 bridgehead atoms. The van der Waals surface area contributed by atoms with E-state index >= 15 is 0 Å². The van der Waals surface area contributed by atoms with Crippen molar-refractivity contribution >= 4 is 49.0 Å². The first-order valence-electron chi connectivity index (χ1n) is 5.75. The largest absolute Gasteiger partial charge is 0.501 e. The highest BCUT2D eigenvalue weighted by Gasteiger charge is 2.47. The summed E-state index contributed by atoms with van der Waals surface area (Å²) in [6.07, 6.45) is 0. The highest BCUT2D eigenvalue weighted by molar-refractivity contribution is 9.10. The van der Waals surface area contributed by atoms with Crippen LogP contribution in [0.5, 0.6) is 11.5 Å². The highest BCUT2D eigenvalue weighted by atomic mass is 79.9. The van der Waals surface area contributed by atoms with Crippen LogP contribution in [0.25, 0.3) is 0 Å². The molecule has 0 N–H and O–H groups in total. The number of alkyl halides is 3. The molecule has 0 atom stereocenters. The molecule has 0 radical (unpaired) electrons. The van der Waals surface area contributed by atoms with Gasteiger partial charge in [-0.15, -0.1) is 0 Å². The van der Waals surface area contributed by atoms with Crippen molar-refractivity contribution in [3.8, 4) is 11.5 Å². The second kappa shape index (κ2) is 6.51. The molecule has 0 spiro atoms. The van der Waals surface area contributed by atoms with Gasteiger partial charge in [0.1, 0.15) is 11.5 Å². The normalized spacial score (nSPS) is 12.3. The van der Waals surface area contributed by atoms with Crippen molar-refractivity contribution in [1.29, 1.82) is 0 Å². The van der Waals surface area contributed by atoms with Gasteiger partial charge in [-0.3, -0.25) is 0 Å². The minimum atomic E-state index is -5.43. The van der Waals surface area contributed by atoms with Gasteiger partial charge in [0.05, 0.1) is 9.37 Å². The van der Waals surface area contributed by atoms with E-state index in [2.05, 4.69) is 15.9 Å². The zero-order chi connectivity index (χ0) is 17.4. The first-order chi connectivity index (χ1) is 10.5.